The summed E-state index contributed by atoms with van der Waals surface area (Å²) in [5.74, 6) is -1.75. The highest BCUT2D eigenvalue weighted by Crippen LogP contribution is 2.26. The lowest BCUT2D eigenvalue weighted by Crippen LogP contribution is -1.90. The Kier molecular flexibility index (Phi) is 18.5. The summed E-state index contributed by atoms with van der Waals surface area (Å²) in [6.45, 7) is 8.00. The molecule has 7 nitrogen and oxygen atoms in total. The third-order valence-corrected chi connectivity index (χ3v) is 1.68. The van der Waals surface area contributed by atoms with Gasteiger partial charge in [0.15, 0.2) is 5.75 Å². The van der Waals surface area contributed by atoms with Crippen LogP contribution in [0.4, 0.5) is 10.2 Å². The van der Waals surface area contributed by atoms with Gasteiger partial charge >= 0.3 is 11.7 Å². The molecule has 8 heteroatoms. The largest absolute Gasteiger partial charge is 0.502 e. The van der Waals surface area contributed by atoms with E-state index >= 15 is 0 Å². The first-order valence-electron chi connectivity index (χ1n) is 6.60. The first-order chi connectivity index (χ1) is 10.5. The Morgan fingerprint density at radius 3 is 2.18 bits per heavy atom. The van der Waals surface area contributed by atoms with Gasteiger partial charge in [0.2, 0.25) is 0 Å². The molecule has 22 heavy (non-hydrogen) atoms. The van der Waals surface area contributed by atoms with Crippen LogP contribution in [0.2, 0.25) is 0 Å². The lowest BCUT2D eigenvalue weighted by atomic mass is 10.2. The molecular formula is C14H23FN2O5. The number of hydrogen-bond donors (Lipinski definition) is 2. The minimum Gasteiger partial charge on any atom is -0.502 e. The zero-order valence-electron chi connectivity index (χ0n) is 13.4. The van der Waals surface area contributed by atoms with Crippen LogP contribution < -0.4 is 5.73 Å². The molecule has 0 saturated heterocycles. The number of nitrogens with zero attached hydrogens (tertiary/aromatic N) is 1. The molecule has 1 aromatic rings. The molecule has 0 unspecified atom stereocenters. The monoisotopic (exact) mass is 318 g/mol. The van der Waals surface area contributed by atoms with Gasteiger partial charge in [-0.15, -0.1) is 0 Å². The van der Waals surface area contributed by atoms with Gasteiger partial charge in [-0.05, 0) is 30.8 Å². The van der Waals surface area contributed by atoms with Crippen LogP contribution in [0, 0.1) is 10.1 Å². The highest BCUT2D eigenvalue weighted by molar-refractivity contribution is 5.86. The number of carbonyl (C=O) groups is 1. The standard InChI is InChI=1S/C9H6FNO5.2C2H6.CH5N/c10-16-9(13)4-2-6-1-3-7(11(14)15)8(12)5-6;3*1-2/h1-5,12H;2*1-2H3;2H2,1H3/b4-2+;;;. The first-order valence-corrected chi connectivity index (χ1v) is 6.60. The number of phenolic OH excluding ortho intramolecular Hbond substituents is 1. The number of nitro groups is 1. The maximum Gasteiger partial charge on any atom is 0.372 e. The Balaban J connectivity index is -0.000000535. The van der Waals surface area contributed by atoms with Gasteiger partial charge in [-0.25, -0.2) is 4.79 Å². The number of aromatic hydroxyl groups is 1. The fourth-order valence-electron chi connectivity index (χ4n) is 0.989. The van der Waals surface area contributed by atoms with Crippen molar-refractivity contribution in [3.05, 3.63) is 40.0 Å². The number of phenols is 1. The van der Waals surface area contributed by atoms with Gasteiger partial charge in [0, 0.05) is 16.7 Å². The molecule has 0 heterocycles. The normalized spacial score (nSPS) is 8.32. The smallest absolute Gasteiger partial charge is 0.372 e. The van der Waals surface area contributed by atoms with E-state index in [0.29, 0.717) is 5.56 Å². The number of halogens is 1. The van der Waals surface area contributed by atoms with Gasteiger partial charge in [0.25, 0.3) is 0 Å². The molecule has 0 aliphatic carbocycles. The Labute approximate surface area is 129 Å². The van der Waals surface area contributed by atoms with Crippen LogP contribution in [0.15, 0.2) is 24.3 Å². The van der Waals surface area contributed by atoms with Crippen molar-refractivity contribution >= 4 is 17.7 Å². The van der Waals surface area contributed by atoms with Gasteiger partial charge in [-0.1, -0.05) is 27.7 Å². The molecule has 3 N–H and O–H groups in total. The van der Waals surface area contributed by atoms with Crippen molar-refractivity contribution in [1.29, 1.82) is 0 Å². The van der Waals surface area contributed by atoms with Crippen molar-refractivity contribution in [2.45, 2.75) is 27.7 Å². The molecule has 126 valence electrons. The third-order valence-electron chi connectivity index (χ3n) is 1.68. The Morgan fingerprint density at radius 2 is 1.82 bits per heavy atom. The number of rotatable bonds is 3. The highest BCUT2D eigenvalue weighted by atomic mass is 19.3. The molecule has 0 saturated carbocycles. The molecule has 0 fully saturated rings. The SMILES string of the molecule is CC.CC.CN.O=C(/C=C/c1ccc([N+](=O)[O-])c(O)c1)OF. The molecular weight excluding hydrogens is 295 g/mol. The van der Waals surface area contributed by atoms with Gasteiger partial charge in [0.1, 0.15) is 0 Å². The van der Waals surface area contributed by atoms with Crippen molar-refractivity contribution in [2.24, 2.45) is 5.73 Å². The molecule has 0 bridgehead atoms. The second kappa shape index (κ2) is 16.6. The summed E-state index contributed by atoms with van der Waals surface area (Å²) in [4.78, 5) is 22.9. The fourth-order valence-corrected chi connectivity index (χ4v) is 0.989. The maximum atomic E-state index is 11.3. The van der Waals surface area contributed by atoms with Crippen molar-refractivity contribution in [3.8, 4) is 5.75 Å². The topological polar surface area (TPSA) is 116 Å². The lowest BCUT2D eigenvalue weighted by Gasteiger charge is -1.97. The molecule has 0 aliphatic heterocycles. The zero-order valence-corrected chi connectivity index (χ0v) is 13.4. The molecule has 0 aliphatic rings. The van der Waals surface area contributed by atoms with Gasteiger partial charge < -0.3 is 10.8 Å². The van der Waals surface area contributed by atoms with Crippen LogP contribution in [-0.4, -0.2) is 23.0 Å². The van der Waals surface area contributed by atoms with Crippen molar-refractivity contribution < 1.29 is 24.3 Å². The second-order valence-corrected chi connectivity index (χ2v) is 2.73. The van der Waals surface area contributed by atoms with Crippen molar-refractivity contribution in [1.82, 2.24) is 0 Å². The Bertz CT molecular complexity index is 465. The van der Waals surface area contributed by atoms with Crippen LogP contribution in [0.25, 0.3) is 6.08 Å². The van der Waals surface area contributed by atoms with E-state index in [9.17, 15) is 24.5 Å². The van der Waals surface area contributed by atoms with E-state index in [4.69, 9.17) is 0 Å². The van der Waals surface area contributed by atoms with E-state index in [0.717, 1.165) is 24.3 Å². The number of hydrogen-bond acceptors (Lipinski definition) is 6. The van der Waals surface area contributed by atoms with Crippen LogP contribution in [0.5, 0.6) is 5.75 Å². The highest BCUT2D eigenvalue weighted by Gasteiger charge is 2.11. The number of nitrogens with two attached hydrogens (primary N) is 1. The molecule has 1 aromatic carbocycles. The fraction of sp³-hybridized carbons (Fsp3) is 0.357. The van der Waals surface area contributed by atoms with E-state index in [1.165, 1.54) is 13.1 Å². The van der Waals surface area contributed by atoms with E-state index in [-0.39, 0.29) is 0 Å². The minimum atomic E-state index is -1.21. The summed E-state index contributed by atoms with van der Waals surface area (Å²) in [7, 11) is 1.50. The summed E-state index contributed by atoms with van der Waals surface area (Å²) in [5, 5.41) is 19.6. The third kappa shape index (κ3) is 10.3. The second-order valence-electron chi connectivity index (χ2n) is 2.73. The van der Waals surface area contributed by atoms with E-state index in [2.05, 4.69) is 10.7 Å². The maximum absolute atomic E-state index is 11.3. The van der Waals surface area contributed by atoms with E-state index < -0.39 is 22.3 Å². The molecule has 0 atom stereocenters. The summed E-state index contributed by atoms with van der Waals surface area (Å²) >= 11 is 0. The molecule has 0 amide bonds. The van der Waals surface area contributed by atoms with Crippen molar-refractivity contribution in [2.75, 3.05) is 7.05 Å². The van der Waals surface area contributed by atoms with Gasteiger partial charge in [0.05, 0.1) is 4.92 Å². The van der Waals surface area contributed by atoms with Gasteiger partial charge in [-0.2, -0.15) is 0 Å². The molecule has 1 rings (SSSR count). The molecule has 0 spiro atoms. The van der Waals surface area contributed by atoms with Gasteiger partial charge in [-0.3, -0.25) is 15.1 Å². The predicted octanol–water partition coefficient (Wildman–Crippen LogP) is 3.37. The van der Waals surface area contributed by atoms with E-state index in [1.54, 1.807) is 0 Å². The Morgan fingerprint density at radius 1 is 1.32 bits per heavy atom. The summed E-state index contributed by atoms with van der Waals surface area (Å²) in [5.41, 5.74) is 4.35. The van der Waals surface area contributed by atoms with Crippen LogP contribution >= 0.6 is 0 Å². The summed E-state index contributed by atoms with van der Waals surface area (Å²) < 4.78 is 11.3. The van der Waals surface area contributed by atoms with Crippen LogP contribution in [-0.2, 0) is 9.74 Å². The number of benzene rings is 1. The van der Waals surface area contributed by atoms with E-state index in [1.807, 2.05) is 27.7 Å². The first kappa shape index (κ1) is 24.5. The predicted molar refractivity (Wildman–Crippen MR) is 83.8 cm³/mol. The number of nitro benzene ring substituents is 1. The quantitative estimate of drug-likeness (QED) is 0.501. The average Bonchev–Trinajstić information content (AvgIpc) is 2.57. The molecule has 0 radical (unpaired) electrons. The molecule has 0 aromatic heterocycles. The number of carbonyl (C=O) groups excluding carboxylic acids is 1. The average molecular weight is 318 g/mol. The summed E-state index contributed by atoms with van der Waals surface area (Å²) in [6, 6.07) is 3.43. The van der Waals surface area contributed by atoms with Crippen LogP contribution in [0.3, 0.4) is 0 Å². The Hall–Kier alpha value is -2.48. The van der Waals surface area contributed by atoms with Crippen LogP contribution in [0.1, 0.15) is 33.3 Å². The minimum absolute atomic E-state index is 0.300. The lowest BCUT2D eigenvalue weighted by molar-refractivity contribution is -0.385. The summed E-state index contributed by atoms with van der Waals surface area (Å²) in [6.07, 6.45) is 1.92. The van der Waals surface area contributed by atoms with Crippen molar-refractivity contribution in [3.63, 3.8) is 0 Å². The zero-order chi connectivity index (χ0) is 18.1.